The molecule has 0 unspecified atom stereocenters. The monoisotopic (exact) mass is 449 g/mol. The lowest BCUT2D eigenvalue weighted by Crippen LogP contribution is -2.70. The first-order chi connectivity index (χ1) is 15.6. The van der Waals surface area contributed by atoms with Gasteiger partial charge in [0.2, 0.25) is 0 Å². The van der Waals surface area contributed by atoms with Gasteiger partial charge in [-0.05, 0) is 51.7 Å². The Morgan fingerprint density at radius 3 is 1.76 bits per heavy atom. The number of hydrogen-bond donors (Lipinski definition) is 1. The fourth-order valence-corrected chi connectivity index (χ4v) is 6.14. The Kier molecular flexibility index (Phi) is 6.10. The van der Waals surface area contributed by atoms with Gasteiger partial charge in [-0.1, -0.05) is 60.7 Å². The Balaban J connectivity index is 1.69. The molecule has 6 heteroatoms. The number of β-amino-alcohol motifs (C(OH)–C–C–N with tert-alkyl or cyclic N) is 1. The van der Waals surface area contributed by atoms with E-state index in [4.69, 9.17) is 0 Å². The van der Waals surface area contributed by atoms with Crippen molar-refractivity contribution >= 4 is 11.9 Å². The van der Waals surface area contributed by atoms with Crippen molar-refractivity contribution in [3.63, 3.8) is 0 Å². The maximum absolute atomic E-state index is 14.0. The largest absolute Gasteiger partial charge is 0.395 e. The summed E-state index contributed by atoms with van der Waals surface area (Å²) in [6, 6.07) is 19.7. The average Bonchev–Trinajstić information content (AvgIpc) is 2.94. The van der Waals surface area contributed by atoms with Gasteiger partial charge in [0.05, 0.1) is 13.2 Å². The molecule has 0 atom stereocenters. The molecular weight excluding hydrogens is 414 g/mol. The number of benzene rings is 2. The third kappa shape index (κ3) is 4.18. The summed E-state index contributed by atoms with van der Waals surface area (Å²) < 4.78 is 0. The molecule has 2 fully saturated rings. The van der Waals surface area contributed by atoms with E-state index in [2.05, 4.69) is 44.7 Å². The zero-order valence-electron chi connectivity index (χ0n) is 20.1. The Bertz CT molecular complexity index is 986. The highest BCUT2D eigenvalue weighted by Crippen LogP contribution is 2.50. The van der Waals surface area contributed by atoms with Crippen LogP contribution in [0.25, 0.3) is 0 Å². The lowest BCUT2D eigenvalue weighted by atomic mass is 9.68. The highest BCUT2D eigenvalue weighted by atomic mass is 16.3. The van der Waals surface area contributed by atoms with Crippen LogP contribution in [0.4, 0.5) is 4.79 Å². The van der Waals surface area contributed by atoms with Crippen molar-refractivity contribution in [2.75, 3.05) is 13.2 Å². The summed E-state index contributed by atoms with van der Waals surface area (Å²) in [6.07, 6.45) is 1.04. The summed E-state index contributed by atoms with van der Waals surface area (Å²) in [6.45, 7) is 9.64. The number of amides is 3. The predicted octanol–water partition coefficient (Wildman–Crippen LogP) is 4.04. The van der Waals surface area contributed by atoms with E-state index in [9.17, 15) is 14.7 Å². The number of hydrogen-bond acceptors (Lipinski definition) is 4. The van der Waals surface area contributed by atoms with E-state index in [1.807, 2.05) is 48.5 Å². The van der Waals surface area contributed by atoms with Crippen molar-refractivity contribution in [1.29, 1.82) is 0 Å². The summed E-state index contributed by atoms with van der Waals surface area (Å²) in [5, 5.41) is 9.79. The Hall–Kier alpha value is -2.70. The highest BCUT2D eigenvalue weighted by Gasteiger charge is 2.64. The first-order valence-corrected chi connectivity index (χ1v) is 11.7. The molecule has 2 aliphatic heterocycles. The van der Waals surface area contributed by atoms with Crippen molar-refractivity contribution in [2.45, 2.75) is 70.2 Å². The van der Waals surface area contributed by atoms with Crippen LogP contribution in [-0.2, 0) is 17.9 Å². The topological polar surface area (TPSA) is 64.1 Å². The fraction of sp³-hybridized carbons (Fsp3) is 0.481. The molecule has 176 valence electrons. The molecule has 2 aromatic rings. The number of imide groups is 1. The summed E-state index contributed by atoms with van der Waals surface area (Å²) in [5.74, 6) is -0.148. The molecule has 4 rings (SSSR count). The highest BCUT2D eigenvalue weighted by molar-refractivity contribution is 6.07. The van der Waals surface area contributed by atoms with E-state index >= 15 is 0 Å². The number of rotatable bonds is 6. The van der Waals surface area contributed by atoms with Gasteiger partial charge in [-0.15, -0.1) is 0 Å². The van der Waals surface area contributed by atoms with Gasteiger partial charge in [0.15, 0.2) is 0 Å². The molecule has 1 spiro atoms. The smallest absolute Gasteiger partial charge is 0.328 e. The SMILES string of the molecule is CC1(C)CC2(CC(C)(C)N1Cc1ccccc1)C(=O)N(Cc1ccccc1)C(=O)N2CCO. The third-order valence-corrected chi connectivity index (χ3v) is 7.22. The van der Waals surface area contributed by atoms with Crippen LogP contribution in [-0.4, -0.2) is 61.5 Å². The van der Waals surface area contributed by atoms with Crippen LogP contribution in [0.3, 0.4) is 0 Å². The standard InChI is InChI=1S/C27H35N3O3/c1-25(2)19-27(20-26(3,4)30(25)18-22-13-9-6-10-14-22)23(32)28(24(33)29(27)15-16-31)17-21-11-7-5-8-12-21/h5-14,31H,15-20H2,1-4H3. The number of aliphatic hydroxyl groups excluding tert-OH is 1. The summed E-state index contributed by atoms with van der Waals surface area (Å²) in [7, 11) is 0. The lowest BCUT2D eigenvalue weighted by molar-refractivity contribution is -0.148. The zero-order chi connectivity index (χ0) is 23.9. The molecule has 2 heterocycles. The molecule has 0 radical (unpaired) electrons. The first kappa shape index (κ1) is 23.5. The molecule has 0 aromatic heterocycles. The molecular formula is C27H35N3O3. The van der Waals surface area contributed by atoms with Crippen LogP contribution in [0.2, 0.25) is 0 Å². The molecule has 3 amide bonds. The molecule has 0 saturated carbocycles. The number of urea groups is 1. The Morgan fingerprint density at radius 1 is 0.788 bits per heavy atom. The second-order valence-corrected chi connectivity index (χ2v) is 10.6. The summed E-state index contributed by atoms with van der Waals surface area (Å²) in [4.78, 5) is 32.9. The molecule has 6 nitrogen and oxygen atoms in total. The Labute approximate surface area is 196 Å². The predicted molar refractivity (Wildman–Crippen MR) is 128 cm³/mol. The van der Waals surface area contributed by atoms with Gasteiger partial charge in [0.25, 0.3) is 5.91 Å². The van der Waals surface area contributed by atoms with Crippen molar-refractivity contribution in [3.8, 4) is 0 Å². The fourth-order valence-electron chi connectivity index (χ4n) is 6.14. The van der Waals surface area contributed by atoms with Crippen molar-refractivity contribution in [3.05, 3.63) is 71.8 Å². The maximum Gasteiger partial charge on any atom is 0.328 e. The number of piperidine rings is 1. The van der Waals surface area contributed by atoms with Crippen LogP contribution in [0.1, 0.15) is 51.7 Å². The number of nitrogens with zero attached hydrogens (tertiary/aromatic N) is 3. The number of aliphatic hydroxyl groups is 1. The van der Waals surface area contributed by atoms with Crippen LogP contribution in [0.5, 0.6) is 0 Å². The first-order valence-electron chi connectivity index (χ1n) is 11.7. The minimum atomic E-state index is -0.964. The normalized spacial score (nSPS) is 21.7. The van der Waals surface area contributed by atoms with E-state index in [1.54, 1.807) is 4.90 Å². The van der Waals surface area contributed by atoms with Gasteiger partial charge in [-0.3, -0.25) is 14.6 Å². The summed E-state index contributed by atoms with van der Waals surface area (Å²) in [5.41, 5.74) is 0.490. The molecule has 2 saturated heterocycles. The van der Waals surface area contributed by atoms with E-state index < -0.39 is 5.54 Å². The van der Waals surface area contributed by atoms with Crippen LogP contribution >= 0.6 is 0 Å². The molecule has 0 bridgehead atoms. The lowest BCUT2D eigenvalue weighted by Gasteiger charge is -2.59. The van der Waals surface area contributed by atoms with E-state index in [1.165, 1.54) is 10.5 Å². The van der Waals surface area contributed by atoms with Crippen molar-refractivity contribution in [1.82, 2.24) is 14.7 Å². The summed E-state index contributed by atoms with van der Waals surface area (Å²) >= 11 is 0. The second kappa shape index (κ2) is 8.58. The molecule has 33 heavy (non-hydrogen) atoms. The molecule has 2 aromatic carbocycles. The average molecular weight is 450 g/mol. The van der Waals surface area contributed by atoms with Gasteiger partial charge in [-0.2, -0.15) is 0 Å². The van der Waals surface area contributed by atoms with Gasteiger partial charge < -0.3 is 10.0 Å². The van der Waals surface area contributed by atoms with E-state index in [0.29, 0.717) is 12.8 Å². The van der Waals surface area contributed by atoms with Crippen LogP contribution < -0.4 is 0 Å². The minimum Gasteiger partial charge on any atom is -0.395 e. The maximum atomic E-state index is 14.0. The zero-order valence-corrected chi connectivity index (χ0v) is 20.1. The van der Waals surface area contributed by atoms with Crippen molar-refractivity contribution in [2.24, 2.45) is 0 Å². The van der Waals surface area contributed by atoms with Gasteiger partial charge in [0, 0.05) is 24.2 Å². The van der Waals surface area contributed by atoms with E-state index in [-0.39, 0.29) is 42.7 Å². The minimum absolute atomic E-state index is 0.148. The quantitative estimate of drug-likeness (QED) is 0.676. The number of likely N-dealkylation sites (tertiary alicyclic amines) is 1. The van der Waals surface area contributed by atoms with E-state index in [0.717, 1.165) is 12.1 Å². The van der Waals surface area contributed by atoms with Gasteiger partial charge in [-0.25, -0.2) is 4.79 Å². The van der Waals surface area contributed by atoms with Gasteiger partial charge >= 0.3 is 6.03 Å². The molecule has 0 aliphatic carbocycles. The van der Waals surface area contributed by atoms with Crippen molar-refractivity contribution < 1.29 is 14.7 Å². The number of carbonyl (C=O) groups excluding carboxylic acids is 2. The Morgan fingerprint density at radius 2 is 1.27 bits per heavy atom. The second-order valence-electron chi connectivity index (χ2n) is 10.6. The molecule has 1 N–H and O–H groups in total. The van der Waals surface area contributed by atoms with Gasteiger partial charge in [0.1, 0.15) is 5.54 Å². The molecule has 2 aliphatic rings. The van der Waals surface area contributed by atoms with Crippen LogP contribution in [0.15, 0.2) is 60.7 Å². The third-order valence-electron chi connectivity index (χ3n) is 7.22. The van der Waals surface area contributed by atoms with Crippen LogP contribution in [0, 0.1) is 0 Å². The number of carbonyl (C=O) groups is 2.